The fourth-order valence-corrected chi connectivity index (χ4v) is 9.09. The Labute approximate surface area is 139 Å². The van der Waals surface area contributed by atoms with E-state index in [1.807, 2.05) is 26.0 Å². The summed E-state index contributed by atoms with van der Waals surface area (Å²) in [6.07, 6.45) is 8.78. The molecule has 0 radical (unpaired) electrons. The van der Waals surface area contributed by atoms with Gasteiger partial charge < -0.3 is 5.32 Å². The predicted molar refractivity (Wildman–Crippen MR) is 97.9 cm³/mol. The summed E-state index contributed by atoms with van der Waals surface area (Å²) in [6.45, 7) is 6.48. The van der Waals surface area contributed by atoms with Crippen LogP contribution < -0.4 is 5.32 Å². The van der Waals surface area contributed by atoms with Gasteiger partial charge in [0.1, 0.15) is 0 Å². The van der Waals surface area contributed by atoms with Gasteiger partial charge in [-0.2, -0.15) is 0 Å². The molecule has 1 saturated carbocycles. The summed E-state index contributed by atoms with van der Waals surface area (Å²) >= 11 is 6.10. The van der Waals surface area contributed by atoms with Crippen LogP contribution in [-0.2, 0) is 4.79 Å². The molecule has 3 rings (SSSR count). The van der Waals surface area contributed by atoms with Gasteiger partial charge in [-0.05, 0) is 56.4 Å². The van der Waals surface area contributed by atoms with E-state index in [0.717, 1.165) is 34.7 Å². The molecular weight excluding hydrogens is 313 g/mol. The van der Waals surface area contributed by atoms with Crippen molar-refractivity contribution in [2.75, 3.05) is 24.3 Å². The van der Waals surface area contributed by atoms with Crippen LogP contribution in [0.2, 0.25) is 5.02 Å². The van der Waals surface area contributed by atoms with E-state index in [4.69, 9.17) is 11.6 Å². The molecule has 2 aliphatic rings. The third-order valence-corrected chi connectivity index (χ3v) is 11.3. The van der Waals surface area contributed by atoms with Crippen molar-refractivity contribution in [3.8, 4) is 0 Å². The van der Waals surface area contributed by atoms with Gasteiger partial charge in [-0.3, -0.25) is 4.79 Å². The predicted octanol–water partition coefficient (Wildman–Crippen LogP) is 5.26. The number of carbonyl (C=O) groups excluding carboxylic acids is 1. The highest BCUT2D eigenvalue weighted by molar-refractivity contribution is 7.78. The van der Waals surface area contributed by atoms with Gasteiger partial charge in [0.2, 0.25) is 0 Å². The second-order valence-corrected chi connectivity index (χ2v) is 12.3. The van der Waals surface area contributed by atoms with Crippen LogP contribution >= 0.6 is 18.9 Å². The summed E-state index contributed by atoms with van der Waals surface area (Å²) in [5, 5.41) is 3.98. The molecule has 1 aromatic carbocycles. The van der Waals surface area contributed by atoms with Crippen molar-refractivity contribution in [1.82, 2.24) is 0 Å². The van der Waals surface area contributed by atoms with Crippen molar-refractivity contribution >= 4 is 30.5 Å². The van der Waals surface area contributed by atoms with E-state index in [1.165, 1.54) is 31.6 Å². The summed E-state index contributed by atoms with van der Waals surface area (Å²) in [5.41, 5.74) is 3.08. The molecule has 1 amide bonds. The second kappa shape index (κ2) is 5.80. The molecule has 2 fully saturated rings. The molecule has 1 N–H and O–H groups in total. The van der Waals surface area contributed by atoms with Crippen molar-refractivity contribution in [3.05, 3.63) is 28.3 Å². The Kier molecular flexibility index (Phi) is 4.29. The number of hydrogen-bond acceptors (Lipinski definition) is 1. The summed E-state index contributed by atoms with van der Waals surface area (Å²) in [4.78, 5) is 13.1. The van der Waals surface area contributed by atoms with Gasteiger partial charge in [0.15, 0.2) is 5.16 Å². The van der Waals surface area contributed by atoms with Gasteiger partial charge >= 0.3 is 0 Å². The standard InChI is InChI=1S/C18H25ClNOP/c1-13-11-15(19)12-14(2)16(13)20-17(21)18(7-8-18)22(3)9-5-4-6-10-22/h11-12H,4-10H2,1-3H3/p+1. The first-order chi connectivity index (χ1) is 10.4. The third-order valence-electron chi connectivity index (χ3n) is 5.72. The molecule has 0 unspecified atom stereocenters. The maximum Gasteiger partial charge on any atom is 0.268 e. The molecule has 1 aliphatic heterocycles. The molecule has 0 atom stereocenters. The Bertz CT molecular complexity index is 580. The maximum atomic E-state index is 13.1. The summed E-state index contributed by atoms with van der Waals surface area (Å²) in [6, 6.07) is 3.86. The van der Waals surface area contributed by atoms with Crippen LogP contribution in [0.5, 0.6) is 0 Å². The lowest BCUT2D eigenvalue weighted by Gasteiger charge is -2.34. The zero-order valence-corrected chi connectivity index (χ0v) is 15.5. The van der Waals surface area contributed by atoms with E-state index in [9.17, 15) is 4.79 Å². The third kappa shape index (κ3) is 2.69. The van der Waals surface area contributed by atoms with E-state index in [-0.39, 0.29) is 11.1 Å². The number of benzene rings is 1. The number of rotatable bonds is 3. The minimum Gasteiger partial charge on any atom is -0.322 e. The Morgan fingerprint density at radius 3 is 2.18 bits per heavy atom. The average molecular weight is 339 g/mol. The molecule has 1 heterocycles. The lowest BCUT2D eigenvalue weighted by atomic mass is 10.1. The second-order valence-electron chi connectivity index (χ2n) is 7.30. The van der Waals surface area contributed by atoms with Gasteiger partial charge in [-0.1, -0.05) is 11.6 Å². The minimum absolute atomic E-state index is 0.0219. The largest absolute Gasteiger partial charge is 0.322 e. The Morgan fingerprint density at radius 1 is 1.14 bits per heavy atom. The fourth-order valence-electron chi connectivity index (χ4n) is 4.11. The number of nitrogens with one attached hydrogen (secondary N) is 1. The van der Waals surface area contributed by atoms with Crippen molar-refractivity contribution in [2.24, 2.45) is 0 Å². The van der Waals surface area contributed by atoms with Gasteiger partial charge in [-0.15, -0.1) is 0 Å². The first kappa shape index (κ1) is 16.3. The van der Waals surface area contributed by atoms with Gasteiger partial charge in [0.25, 0.3) is 5.91 Å². The first-order valence-corrected chi connectivity index (χ1v) is 11.3. The maximum absolute atomic E-state index is 13.1. The molecule has 4 heteroatoms. The number of aryl methyl sites for hydroxylation is 2. The fraction of sp³-hybridized carbons (Fsp3) is 0.611. The molecule has 1 saturated heterocycles. The zero-order valence-electron chi connectivity index (χ0n) is 13.8. The van der Waals surface area contributed by atoms with Crippen LogP contribution in [0.1, 0.15) is 43.2 Å². The minimum atomic E-state index is -1.13. The van der Waals surface area contributed by atoms with Crippen LogP contribution in [-0.4, -0.2) is 30.1 Å². The average Bonchev–Trinajstić information content (AvgIpc) is 3.25. The molecule has 1 aliphatic carbocycles. The van der Waals surface area contributed by atoms with Crippen LogP contribution in [0.3, 0.4) is 0 Å². The molecule has 120 valence electrons. The topological polar surface area (TPSA) is 29.1 Å². The van der Waals surface area contributed by atoms with E-state index in [0.29, 0.717) is 0 Å². The van der Waals surface area contributed by atoms with Crippen molar-refractivity contribution in [1.29, 1.82) is 0 Å². The Hall–Kier alpha value is -0.590. The van der Waals surface area contributed by atoms with Crippen molar-refractivity contribution < 1.29 is 4.79 Å². The molecule has 1 aromatic rings. The molecule has 22 heavy (non-hydrogen) atoms. The number of hydrogen-bond donors (Lipinski definition) is 1. The molecule has 2 nitrogen and oxygen atoms in total. The Balaban J connectivity index is 1.83. The first-order valence-electron chi connectivity index (χ1n) is 8.31. The van der Waals surface area contributed by atoms with Gasteiger partial charge in [0, 0.05) is 37.5 Å². The molecule has 0 spiro atoms. The smallest absolute Gasteiger partial charge is 0.268 e. The van der Waals surface area contributed by atoms with Crippen molar-refractivity contribution in [2.45, 2.75) is 51.1 Å². The normalized spacial score (nSPS) is 22.2. The molecule has 0 aromatic heterocycles. The Morgan fingerprint density at radius 2 is 1.68 bits per heavy atom. The van der Waals surface area contributed by atoms with E-state index < -0.39 is 7.26 Å². The lowest BCUT2D eigenvalue weighted by molar-refractivity contribution is -0.116. The number of carbonyl (C=O) groups is 1. The quantitative estimate of drug-likeness (QED) is 0.748. The molecular formula is C18H26ClNOP+. The van der Waals surface area contributed by atoms with Crippen LogP contribution in [0.4, 0.5) is 5.69 Å². The van der Waals surface area contributed by atoms with E-state index in [2.05, 4.69) is 12.0 Å². The lowest BCUT2D eigenvalue weighted by Crippen LogP contribution is -2.35. The van der Waals surface area contributed by atoms with Crippen molar-refractivity contribution in [3.63, 3.8) is 0 Å². The van der Waals surface area contributed by atoms with E-state index in [1.54, 1.807) is 0 Å². The van der Waals surface area contributed by atoms with Gasteiger partial charge in [-0.25, -0.2) is 0 Å². The highest BCUT2D eigenvalue weighted by Gasteiger charge is 2.68. The summed E-state index contributed by atoms with van der Waals surface area (Å²) < 4.78 is 0. The van der Waals surface area contributed by atoms with Crippen LogP contribution in [0, 0.1) is 13.8 Å². The van der Waals surface area contributed by atoms with Gasteiger partial charge in [0.05, 0.1) is 12.3 Å². The number of anilines is 1. The summed E-state index contributed by atoms with van der Waals surface area (Å²) in [5.74, 6) is 0.277. The number of halogens is 1. The zero-order chi connectivity index (χ0) is 16.0. The highest BCUT2D eigenvalue weighted by atomic mass is 35.5. The summed E-state index contributed by atoms with van der Waals surface area (Å²) in [7, 11) is -1.13. The van der Waals surface area contributed by atoms with E-state index >= 15 is 0 Å². The highest BCUT2D eigenvalue weighted by Crippen LogP contribution is 2.77. The molecule has 0 bridgehead atoms. The SMILES string of the molecule is Cc1cc(Cl)cc(C)c1NC(=O)C1([P+]2(C)CCCCC2)CC1. The van der Waals surface area contributed by atoms with Crippen LogP contribution in [0.15, 0.2) is 12.1 Å². The van der Waals surface area contributed by atoms with Crippen LogP contribution in [0.25, 0.3) is 0 Å². The number of amides is 1. The monoisotopic (exact) mass is 338 g/mol.